The van der Waals surface area contributed by atoms with Crippen molar-refractivity contribution in [3.8, 4) is 11.5 Å². The normalized spacial score (nSPS) is 12.7. The molecular weight excluding hydrogens is 815 g/mol. The van der Waals surface area contributed by atoms with Crippen LogP contribution in [0, 0.1) is 0 Å². The highest BCUT2D eigenvalue weighted by molar-refractivity contribution is 6.27. The Labute approximate surface area is 374 Å². The van der Waals surface area contributed by atoms with Crippen molar-refractivity contribution in [2.75, 3.05) is 81.0 Å². The molecule has 0 aromatic heterocycles. The summed E-state index contributed by atoms with van der Waals surface area (Å²) in [6.45, 7) is 18.3. The number of hydrogen-bond donors (Lipinski definition) is 1. The Kier molecular flexibility index (Phi) is 21.9. The molecule has 6 rings (SSSR count). The lowest BCUT2D eigenvalue weighted by atomic mass is 9.93. The highest BCUT2D eigenvalue weighted by Gasteiger charge is 2.34. The molecule has 61 heavy (non-hydrogen) atoms. The number of carbonyl (C=O) groups is 4. The standard InChI is InChI=1S/C22H27N2O3.C18H20N2O3.C4H7Cl.C3H8O.CH4.ClH/c1-15(2)14-24(3,4)13-7-12-23-21(25)17-9-6-8-16-19(27-5)11-10-18(20(16)17)22(23)26;1-19(2)10-5-11-20-17(21)13-7-4-6-12-15(23-3)9-8-14(16(12)13)18(20)22;1-4(2)3-5;1-3(2)4;;/h6,8-11H,1,7,12-14H2,2-5H3;4,6-9H,5,10-11H2,1-3H3;1,3H2,2H3;3-4H,1-2H3;1H4;1H/q+1;;;;;/p-1. The minimum Gasteiger partial charge on any atom is -1.00 e. The lowest BCUT2D eigenvalue weighted by Gasteiger charge is -2.32. The van der Waals surface area contributed by atoms with Gasteiger partial charge in [0.15, 0.2) is 0 Å². The van der Waals surface area contributed by atoms with Crippen molar-refractivity contribution in [3.05, 3.63) is 107 Å². The molecule has 11 nitrogen and oxygen atoms in total. The molecule has 0 saturated heterocycles. The average molecular weight is 882 g/mol. The minimum absolute atomic E-state index is 0. The van der Waals surface area contributed by atoms with Crippen molar-refractivity contribution < 1.29 is 50.6 Å². The van der Waals surface area contributed by atoms with Gasteiger partial charge in [-0.3, -0.25) is 29.0 Å². The van der Waals surface area contributed by atoms with Crippen molar-refractivity contribution in [2.24, 2.45) is 0 Å². The number of imide groups is 2. The number of amides is 4. The molecule has 2 aliphatic heterocycles. The Hall–Kier alpha value is -4.78. The number of halogens is 2. The number of ether oxygens (including phenoxy) is 2. The molecule has 2 heterocycles. The Morgan fingerprint density at radius 2 is 1.08 bits per heavy atom. The van der Waals surface area contributed by atoms with Gasteiger partial charge >= 0.3 is 0 Å². The van der Waals surface area contributed by atoms with E-state index in [0.29, 0.717) is 63.5 Å². The van der Waals surface area contributed by atoms with Crippen molar-refractivity contribution >= 4 is 56.8 Å². The van der Waals surface area contributed by atoms with E-state index in [2.05, 4.69) is 27.3 Å². The molecule has 0 atom stereocenters. The number of quaternary nitrogens is 1. The second kappa shape index (κ2) is 24.6. The van der Waals surface area contributed by atoms with Crippen LogP contribution in [0.15, 0.2) is 85.0 Å². The number of benzene rings is 4. The predicted molar refractivity (Wildman–Crippen MR) is 246 cm³/mol. The molecule has 0 fully saturated rings. The van der Waals surface area contributed by atoms with Gasteiger partial charge in [0, 0.05) is 75.3 Å². The van der Waals surface area contributed by atoms with Gasteiger partial charge in [0.1, 0.15) is 11.5 Å². The van der Waals surface area contributed by atoms with Crippen molar-refractivity contribution in [2.45, 2.75) is 54.1 Å². The summed E-state index contributed by atoms with van der Waals surface area (Å²) in [4.78, 5) is 56.2. The van der Waals surface area contributed by atoms with Gasteiger partial charge in [-0.25, -0.2) is 0 Å². The highest BCUT2D eigenvalue weighted by Crippen LogP contribution is 2.37. The van der Waals surface area contributed by atoms with Crippen LogP contribution in [-0.4, -0.2) is 135 Å². The zero-order valence-corrected chi connectivity index (χ0v) is 38.4. The summed E-state index contributed by atoms with van der Waals surface area (Å²) >= 11 is 5.24. The molecule has 4 aromatic carbocycles. The Bertz CT molecular complexity index is 2140. The quantitative estimate of drug-likeness (QED) is 0.0787. The van der Waals surface area contributed by atoms with Gasteiger partial charge in [-0.1, -0.05) is 50.4 Å². The van der Waals surface area contributed by atoms with Gasteiger partial charge in [0.05, 0.1) is 41.4 Å². The summed E-state index contributed by atoms with van der Waals surface area (Å²) in [5, 5.41) is 11.1. The molecule has 0 spiro atoms. The van der Waals surface area contributed by atoms with Crippen LogP contribution in [0.5, 0.6) is 11.5 Å². The second-order valence-electron chi connectivity index (χ2n) is 16.1. The molecule has 2 aliphatic rings. The Morgan fingerprint density at radius 1 is 0.721 bits per heavy atom. The molecule has 334 valence electrons. The van der Waals surface area contributed by atoms with Crippen LogP contribution in [0.25, 0.3) is 21.5 Å². The van der Waals surface area contributed by atoms with E-state index in [-0.39, 0.29) is 49.6 Å². The first kappa shape index (κ1) is 54.2. The largest absolute Gasteiger partial charge is 1.00 e. The maximum absolute atomic E-state index is 13.0. The molecular formula is C48H66Cl2N4O7. The highest BCUT2D eigenvalue weighted by atomic mass is 35.5. The lowest BCUT2D eigenvalue weighted by molar-refractivity contribution is -0.885. The van der Waals surface area contributed by atoms with Crippen LogP contribution in [0.4, 0.5) is 0 Å². The Balaban J connectivity index is 0.000000499. The molecule has 0 aliphatic carbocycles. The summed E-state index contributed by atoms with van der Waals surface area (Å²) < 4.78 is 11.5. The monoisotopic (exact) mass is 880 g/mol. The Morgan fingerprint density at radius 3 is 1.41 bits per heavy atom. The number of rotatable bonds is 13. The summed E-state index contributed by atoms with van der Waals surface area (Å²) in [5.74, 6) is 1.03. The van der Waals surface area contributed by atoms with Gasteiger partial charge in [-0.15, -0.1) is 11.6 Å². The number of aliphatic hydroxyl groups excluding tert-OH is 1. The van der Waals surface area contributed by atoms with E-state index in [0.717, 1.165) is 58.9 Å². The summed E-state index contributed by atoms with van der Waals surface area (Å²) in [6, 6.07) is 18.1. The van der Waals surface area contributed by atoms with Crippen LogP contribution in [0.3, 0.4) is 0 Å². The molecule has 4 amide bonds. The molecule has 0 radical (unpaired) electrons. The number of aliphatic hydroxyl groups is 1. The van der Waals surface area contributed by atoms with Crippen LogP contribution >= 0.6 is 11.6 Å². The van der Waals surface area contributed by atoms with Crippen LogP contribution in [0.1, 0.15) is 89.4 Å². The zero-order chi connectivity index (χ0) is 44.2. The van der Waals surface area contributed by atoms with Gasteiger partial charge in [0.25, 0.3) is 23.6 Å². The third-order valence-electron chi connectivity index (χ3n) is 9.40. The average Bonchev–Trinajstić information content (AvgIpc) is 3.17. The first-order valence-electron chi connectivity index (χ1n) is 19.7. The third kappa shape index (κ3) is 14.1. The maximum Gasteiger partial charge on any atom is 0.261 e. The van der Waals surface area contributed by atoms with E-state index < -0.39 is 0 Å². The van der Waals surface area contributed by atoms with E-state index in [4.69, 9.17) is 26.2 Å². The summed E-state index contributed by atoms with van der Waals surface area (Å²) in [6.07, 6.45) is 1.34. The van der Waals surface area contributed by atoms with Gasteiger partial charge in [-0.05, 0) is 96.7 Å². The van der Waals surface area contributed by atoms with Crippen molar-refractivity contribution in [1.82, 2.24) is 14.7 Å². The van der Waals surface area contributed by atoms with E-state index in [1.54, 1.807) is 64.5 Å². The third-order valence-corrected chi connectivity index (χ3v) is 9.86. The topological polar surface area (TPSA) is 117 Å². The molecule has 0 saturated carbocycles. The molecule has 0 bridgehead atoms. The molecule has 0 unspecified atom stereocenters. The number of nitrogens with zero attached hydrogens (tertiary/aromatic N) is 4. The first-order chi connectivity index (χ1) is 27.8. The van der Waals surface area contributed by atoms with E-state index in [1.165, 1.54) is 9.80 Å². The fourth-order valence-electron chi connectivity index (χ4n) is 7.01. The summed E-state index contributed by atoms with van der Waals surface area (Å²) in [5.41, 5.74) is 4.42. The predicted octanol–water partition coefficient (Wildman–Crippen LogP) is 5.71. The van der Waals surface area contributed by atoms with Crippen LogP contribution < -0.4 is 21.9 Å². The zero-order valence-electron chi connectivity index (χ0n) is 36.9. The maximum atomic E-state index is 13.0. The minimum atomic E-state index is -0.225. The number of methoxy groups -OCH3 is 2. The second-order valence-corrected chi connectivity index (χ2v) is 16.3. The van der Waals surface area contributed by atoms with Crippen LogP contribution in [0.2, 0.25) is 0 Å². The van der Waals surface area contributed by atoms with E-state index in [1.807, 2.05) is 57.1 Å². The molecule has 13 heteroatoms. The number of allylic oxidation sites excluding steroid dienone is 1. The number of carbonyl (C=O) groups excluding carboxylic acids is 4. The van der Waals surface area contributed by atoms with Gasteiger partial charge in [0.2, 0.25) is 0 Å². The number of alkyl halides is 1. The van der Waals surface area contributed by atoms with Crippen LogP contribution in [-0.2, 0) is 0 Å². The van der Waals surface area contributed by atoms with Gasteiger partial charge < -0.3 is 36.4 Å². The van der Waals surface area contributed by atoms with E-state index >= 15 is 0 Å². The lowest BCUT2D eigenvalue weighted by Crippen LogP contribution is -3.00. The number of likely N-dealkylation sites (N-methyl/N-ethyl adjacent to an activating group) is 1. The fraction of sp³-hybridized carbons (Fsp3) is 0.417. The summed E-state index contributed by atoms with van der Waals surface area (Å²) in [7, 11) is 11.4. The van der Waals surface area contributed by atoms with Crippen molar-refractivity contribution in [3.63, 3.8) is 0 Å². The smallest absolute Gasteiger partial charge is 0.261 e. The van der Waals surface area contributed by atoms with Gasteiger partial charge in [-0.2, -0.15) is 0 Å². The van der Waals surface area contributed by atoms with E-state index in [9.17, 15) is 19.2 Å². The van der Waals surface area contributed by atoms with Crippen molar-refractivity contribution in [1.29, 1.82) is 0 Å². The number of hydrogen-bond acceptors (Lipinski definition) is 8. The molecule has 1 N–H and O–H groups in total. The SMILES string of the molecule is C.C=C(C)CCl.C=C(C)C[N+](C)(C)CCCN1C(=O)c2cccc3c(OC)ccc(c23)C1=O.CC(C)O.COc1ccc2c3c(cccc13)C(=O)N(CCCN(C)C)C2=O.[Cl-]. The fourth-order valence-corrected chi connectivity index (χ4v) is 7.01. The molecule has 4 aromatic rings. The first-order valence-corrected chi connectivity index (χ1v) is 20.2.